The molecule has 3 amide bonds. The van der Waals surface area contributed by atoms with Crippen molar-refractivity contribution in [3.63, 3.8) is 0 Å². The Hall–Kier alpha value is -5.91. The number of aryl methyl sites for hydroxylation is 2. The lowest BCUT2D eigenvalue weighted by Gasteiger charge is -2.25. The number of H-pyrrole nitrogens is 1. The minimum Gasteiger partial charge on any atom is -0.756 e. The Labute approximate surface area is 535 Å². The van der Waals surface area contributed by atoms with Gasteiger partial charge in [-0.2, -0.15) is 4.98 Å². The number of amides is 3. The molecule has 24 nitrogen and oxygen atoms in total. The summed E-state index contributed by atoms with van der Waals surface area (Å²) in [6.07, 6.45) is 38.8. The van der Waals surface area contributed by atoms with Crippen molar-refractivity contribution in [1.82, 2.24) is 48.2 Å². The number of aromatic nitrogens is 4. The van der Waals surface area contributed by atoms with Crippen LogP contribution in [0.25, 0.3) is 11.2 Å². The van der Waals surface area contributed by atoms with E-state index >= 15 is 0 Å². The molecule has 25 heteroatoms. The third-order valence-corrected chi connectivity index (χ3v) is 15.8. The average Bonchev–Trinajstić information content (AvgIpc) is 3.05. The number of unbranched alkanes of at least 4 members (excludes halogenated alkanes) is 28. The molecule has 3 aromatic rings. The van der Waals surface area contributed by atoms with Crippen LogP contribution in [0.3, 0.4) is 0 Å². The molecule has 0 aliphatic rings. The number of nitrogens with zero attached hydrogens (tertiary/aromatic N) is 3. The molecule has 1 unspecified atom stereocenters. The van der Waals surface area contributed by atoms with Crippen LogP contribution in [0.4, 0.5) is 5.95 Å². The Bertz CT molecular complexity index is 2520. The topological polar surface area (TPSA) is 409 Å². The molecule has 2 heterocycles. The second-order valence-corrected chi connectivity index (χ2v) is 24.2. The number of quaternary nitrogens is 2. The number of hydrogen-bond donors (Lipinski definition) is 7. The van der Waals surface area contributed by atoms with Crippen molar-refractivity contribution in [2.24, 2.45) is 0 Å². The van der Waals surface area contributed by atoms with Gasteiger partial charge in [-0.3, -0.25) is 38.3 Å². The van der Waals surface area contributed by atoms with Crippen LogP contribution < -0.4 is 49.5 Å². The number of phosphoric ester groups is 1. The van der Waals surface area contributed by atoms with E-state index in [2.05, 4.69) is 49.7 Å². The van der Waals surface area contributed by atoms with Gasteiger partial charge in [0.25, 0.3) is 19.3 Å². The molecule has 3 rings (SSSR count). The van der Waals surface area contributed by atoms with E-state index < -0.39 is 55.9 Å². The lowest BCUT2D eigenvalue weighted by molar-refractivity contribution is -0.308. The summed E-state index contributed by atoms with van der Waals surface area (Å²) in [5.41, 5.74) is 7.07. The number of nitrogens with one attached hydrogen (secondary N) is 4. The summed E-state index contributed by atoms with van der Waals surface area (Å²) in [5.74, 6) is -3.57. The van der Waals surface area contributed by atoms with Crippen LogP contribution in [-0.4, -0.2) is 101 Å². The summed E-state index contributed by atoms with van der Waals surface area (Å²) in [6, 6.07) is 5.34. The number of benzene rings is 1. The monoisotopic (exact) mass is 1290 g/mol. The Morgan fingerprint density at radius 1 is 0.633 bits per heavy atom. The molecule has 0 spiro atoms. The summed E-state index contributed by atoms with van der Waals surface area (Å²) in [4.78, 5) is 110. The number of aliphatic carboxylic acids is 1. The van der Waals surface area contributed by atoms with Crippen molar-refractivity contribution in [3.05, 3.63) is 57.6 Å². The Morgan fingerprint density at radius 2 is 1.12 bits per heavy atom. The molecule has 0 radical (unpaired) electrons. The summed E-state index contributed by atoms with van der Waals surface area (Å²) < 4.78 is 32.8. The van der Waals surface area contributed by atoms with Gasteiger partial charge in [-0.1, -0.05) is 206 Å². The highest BCUT2D eigenvalue weighted by molar-refractivity contribution is 7.45. The van der Waals surface area contributed by atoms with Gasteiger partial charge in [0.05, 0.1) is 37.1 Å². The number of fused-ring (bicyclic) bond motifs is 1. The molecule has 514 valence electrons. The van der Waals surface area contributed by atoms with E-state index in [1.54, 1.807) is 31.2 Å². The number of hydrogen-bond acceptors (Lipinski definition) is 18. The highest BCUT2D eigenvalue weighted by Crippen LogP contribution is 2.38. The predicted molar refractivity (Wildman–Crippen MR) is 350 cm³/mol. The molecule has 0 saturated heterocycles. The summed E-state index contributed by atoms with van der Waals surface area (Å²) in [7, 11) is -4.73. The van der Waals surface area contributed by atoms with Crippen molar-refractivity contribution in [1.29, 1.82) is 0 Å². The number of rotatable bonds is 52. The zero-order valence-corrected chi connectivity index (χ0v) is 56.5. The number of esters is 2. The number of nitrogens with two attached hydrogens (primary N) is 1. The molecule has 14 N–H and O–H groups in total. The lowest BCUT2D eigenvalue weighted by Crippen LogP contribution is -2.48. The summed E-state index contributed by atoms with van der Waals surface area (Å²) >= 11 is 0. The van der Waals surface area contributed by atoms with Crippen LogP contribution in [0.15, 0.2) is 35.3 Å². The molecule has 3 atom stereocenters. The van der Waals surface area contributed by atoms with Crippen molar-refractivity contribution >= 4 is 60.6 Å². The standard InChI is InChI=1S/C43H84NO9P.C22H25N7O5.2H3N/c1-4-6-8-10-12-14-16-18-20-22-24-26-28-30-32-34-42(46)50-38-41(39-52-54(48,49)51-37-36-44-40(3)45)53-43(47)35-33-31-29-27-25-23-21-19-17-15-13-11-9-7-5-2;1-2-24-16(30)10-9-15(21(33)34)27-19(31)13-6-3-12(4-7-13)5-8-14-11-25-18-17(26-14)20(32)29-22(23)28-18;;/h41H,4-39H2,1-3H3,(H,44,45)(H,48,49);3-4,6-7,11,15H,2,5,8-10H2,1H3,(H,24,30)(H,27,31)(H,33,34)(H3,23,25,28,29,32);2*1H3/t41-;15-;;/m10../s1. The zero-order valence-electron chi connectivity index (χ0n) is 55.6. The number of phosphoric acid groups is 1. The van der Waals surface area contributed by atoms with Crippen LogP contribution in [-0.2, 0) is 59.9 Å². The maximum absolute atomic E-state index is 12.6. The fourth-order valence-corrected chi connectivity index (χ4v) is 10.5. The second-order valence-electron chi connectivity index (χ2n) is 22.8. The van der Waals surface area contributed by atoms with E-state index in [-0.39, 0.29) is 92.2 Å². The van der Waals surface area contributed by atoms with E-state index in [4.69, 9.17) is 24.3 Å². The van der Waals surface area contributed by atoms with E-state index in [1.807, 2.05) is 0 Å². The van der Waals surface area contributed by atoms with Gasteiger partial charge < -0.3 is 67.3 Å². The van der Waals surface area contributed by atoms with Gasteiger partial charge in [-0.15, -0.1) is 0 Å². The molecule has 0 aliphatic carbocycles. The summed E-state index contributed by atoms with van der Waals surface area (Å²) in [5, 5.41) is 18.7. The highest BCUT2D eigenvalue weighted by Gasteiger charge is 2.22. The van der Waals surface area contributed by atoms with Crippen LogP contribution in [0.2, 0.25) is 0 Å². The third kappa shape index (κ3) is 43.7. The maximum Gasteiger partial charge on any atom is 0.306 e. The first-order chi connectivity index (χ1) is 42.5. The van der Waals surface area contributed by atoms with Crippen molar-refractivity contribution in [3.8, 4) is 0 Å². The van der Waals surface area contributed by atoms with E-state index in [0.29, 0.717) is 31.5 Å². The first-order valence-corrected chi connectivity index (χ1v) is 34.5. The average molecular weight is 1290 g/mol. The largest absolute Gasteiger partial charge is 0.756 e. The van der Waals surface area contributed by atoms with Crippen LogP contribution in [0.1, 0.15) is 268 Å². The van der Waals surface area contributed by atoms with Crippen molar-refractivity contribution < 1.29 is 61.9 Å². The Balaban J connectivity index is 0.00000188. The van der Waals surface area contributed by atoms with Gasteiger partial charge in [0.15, 0.2) is 17.3 Å². The Kier molecular flexibility index (Phi) is 50.2. The fourth-order valence-electron chi connectivity index (χ4n) is 9.73. The SMILES string of the molecule is CCCCCCCCCCCCCCCCCC(=O)OC[C@H](COP(=O)([O-])OCCNC(C)=O)OC(=O)CCCCCCCCCCCCCCCCC.CCNC(=O)CC[C@H](NC(=O)c1ccc(CCc2cnc3nc(N)[nH]c(=O)c3n2)cc1)C(=O)[O-].[NH4+].[NH4+]. The minimum atomic E-state index is -4.73. The molecule has 90 heavy (non-hydrogen) atoms. The number of carboxylic acid groups (broad SMARTS) is 1. The molecule has 0 saturated carbocycles. The van der Waals surface area contributed by atoms with Crippen LogP contribution >= 0.6 is 7.82 Å². The smallest absolute Gasteiger partial charge is 0.306 e. The number of ether oxygens (including phenoxy) is 2. The molecule has 1 aromatic carbocycles. The molecule has 0 fully saturated rings. The highest BCUT2D eigenvalue weighted by atomic mass is 31.2. The normalized spacial score (nSPS) is 12.2. The first kappa shape index (κ1) is 84.1. The van der Waals surface area contributed by atoms with Crippen LogP contribution in [0, 0.1) is 0 Å². The van der Waals surface area contributed by atoms with Gasteiger partial charge >= 0.3 is 11.9 Å². The van der Waals surface area contributed by atoms with E-state index in [0.717, 1.165) is 44.1 Å². The number of carbonyl (C=O) groups is 6. The van der Waals surface area contributed by atoms with Gasteiger partial charge in [0.2, 0.25) is 17.8 Å². The number of anilines is 1. The van der Waals surface area contributed by atoms with Gasteiger partial charge in [0, 0.05) is 44.8 Å². The van der Waals surface area contributed by atoms with E-state index in [1.165, 1.54) is 161 Å². The number of nitrogen functional groups attached to an aromatic ring is 1. The lowest BCUT2D eigenvalue weighted by atomic mass is 10.0. The molecule has 0 aliphatic heterocycles. The van der Waals surface area contributed by atoms with Gasteiger partial charge in [0.1, 0.15) is 6.61 Å². The first-order valence-electron chi connectivity index (χ1n) is 33.0. The predicted octanol–water partition coefficient (Wildman–Crippen LogP) is 11.2. The van der Waals surface area contributed by atoms with Crippen LogP contribution in [0.5, 0.6) is 0 Å². The van der Waals surface area contributed by atoms with Gasteiger partial charge in [-0.25, -0.2) is 9.97 Å². The Morgan fingerprint density at radius 3 is 1.60 bits per heavy atom. The van der Waals surface area contributed by atoms with Gasteiger partial charge in [-0.05, 0) is 56.7 Å². The molecular formula is C65H115N10O14P. The number of aromatic amines is 1. The number of carboxylic acids is 1. The minimum absolute atomic E-state index is 0. The molecular weight excluding hydrogens is 1180 g/mol. The third-order valence-electron chi connectivity index (χ3n) is 14.8. The van der Waals surface area contributed by atoms with Crippen molar-refractivity contribution in [2.45, 2.75) is 271 Å². The zero-order chi connectivity index (χ0) is 64.5. The number of carbonyl (C=O) groups excluding carboxylic acids is 6. The quantitative estimate of drug-likeness (QED) is 0.0157. The van der Waals surface area contributed by atoms with Crippen molar-refractivity contribution in [2.75, 3.05) is 38.6 Å². The maximum atomic E-state index is 12.6. The molecule has 0 bridgehead atoms. The second kappa shape index (κ2) is 53.7. The molecule has 2 aromatic heterocycles. The fraction of sp³-hybridized carbons (Fsp3) is 0.723. The van der Waals surface area contributed by atoms with E-state index in [9.17, 15) is 48.1 Å². The summed E-state index contributed by atoms with van der Waals surface area (Å²) in [6.45, 7) is 6.89.